The Balaban J connectivity index is 1.53. The van der Waals surface area contributed by atoms with Crippen molar-refractivity contribution in [2.75, 3.05) is 9.80 Å². The highest BCUT2D eigenvalue weighted by Crippen LogP contribution is 2.39. The minimum atomic E-state index is -0.470. The number of hydrogen-bond acceptors (Lipinski definition) is 6. The van der Waals surface area contributed by atoms with Crippen LogP contribution < -0.4 is 9.80 Å². The molecule has 0 aliphatic carbocycles. The Morgan fingerprint density at radius 2 is 0.906 bits per heavy atom. The number of carbonyl (C=O) groups excluding carboxylic acids is 4. The topological polar surface area (TPSA) is 101 Å². The van der Waals surface area contributed by atoms with Crippen LogP contribution >= 0.6 is 0 Å². The molecule has 4 aromatic rings. The fourth-order valence-electron chi connectivity index (χ4n) is 4.26. The van der Waals surface area contributed by atoms with Crippen LogP contribution in [0.25, 0.3) is 10.8 Å². The van der Waals surface area contributed by atoms with E-state index < -0.39 is 23.6 Å². The molecule has 6 rings (SSSR count). The lowest BCUT2D eigenvalue weighted by Gasteiger charge is -2.21. The first-order valence-electron chi connectivity index (χ1n) is 9.75. The van der Waals surface area contributed by atoms with E-state index in [0.29, 0.717) is 22.1 Å². The number of amides is 4. The van der Waals surface area contributed by atoms with Crippen LogP contribution in [-0.4, -0.2) is 33.6 Å². The van der Waals surface area contributed by atoms with Crippen molar-refractivity contribution in [3.8, 4) is 0 Å². The first-order chi connectivity index (χ1) is 15.6. The smallest absolute Gasteiger partial charge is 0.267 e. The zero-order chi connectivity index (χ0) is 22.0. The van der Waals surface area contributed by atoms with Crippen LogP contribution in [0.5, 0.6) is 0 Å². The third-order valence-electron chi connectivity index (χ3n) is 5.74. The second kappa shape index (κ2) is 6.39. The van der Waals surface area contributed by atoms with Gasteiger partial charge in [-0.3, -0.25) is 29.1 Å². The number of fused-ring (bicyclic) bond motifs is 3. The van der Waals surface area contributed by atoms with Gasteiger partial charge in [-0.05, 0) is 24.3 Å². The third-order valence-corrected chi connectivity index (χ3v) is 5.74. The van der Waals surface area contributed by atoms with Crippen molar-refractivity contribution in [2.45, 2.75) is 0 Å². The molecule has 0 radical (unpaired) electrons. The van der Waals surface area contributed by atoms with Gasteiger partial charge in [0.25, 0.3) is 23.6 Å². The molecule has 0 fully saturated rings. The molecule has 0 saturated heterocycles. The van der Waals surface area contributed by atoms with Gasteiger partial charge in [0.2, 0.25) is 0 Å². The van der Waals surface area contributed by atoms with E-state index in [9.17, 15) is 19.2 Å². The Morgan fingerprint density at radius 1 is 0.500 bits per heavy atom. The SMILES string of the molecule is O=C1c2ccncc2C(=O)N1c1ccc(N2C(=O)c3ccncc3C2=O)c2ccccc12. The summed E-state index contributed by atoms with van der Waals surface area (Å²) in [4.78, 5) is 62.1. The van der Waals surface area contributed by atoms with Gasteiger partial charge in [-0.25, -0.2) is 9.80 Å². The van der Waals surface area contributed by atoms with E-state index in [2.05, 4.69) is 9.97 Å². The highest BCUT2D eigenvalue weighted by atomic mass is 16.2. The summed E-state index contributed by atoms with van der Waals surface area (Å²) >= 11 is 0. The second-order valence-corrected chi connectivity index (χ2v) is 7.38. The molecule has 0 spiro atoms. The predicted molar refractivity (Wildman–Crippen MR) is 115 cm³/mol. The number of carbonyl (C=O) groups is 4. The van der Waals surface area contributed by atoms with E-state index in [1.54, 1.807) is 36.4 Å². The fourth-order valence-corrected chi connectivity index (χ4v) is 4.26. The second-order valence-electron chi connectivity index (χ2n) is 7.38. The van der Waals surface area contributed by atoms with Gasteiger partial charge >= 0.3 is 0 Å². The summed E-state index contributed by atoms with van der Waals surface area (Å²) in [6.07, 6.45) is 5.68. The van der Waals surface area contributed by atoms with Crippen LogP contribution in [0.15, 0.2) is 73.3 Å². The lowest BCUT2D eigenvalue weighted by Crippen LogP contribution is -2.31. The molecule has 2 aromatic carbocycles. The van der Waals surface area contributed by atoms with Gasteiger partial charge in [-0.2, -0.15) is 0 Å². The van der Waals surface area contributed by atoms with Crippen molar-refractivity contribution in [3.05, 3.63) is 95.6 Å². The molecule has 4 amide bonds. The first-order valence-corrected chi connectivity index (χ1v) is 9.75. The summed E-state index contributed by atoms with van der Waals surface area (Å²) in [5.74, 6) is -1.83. The molecule has 2 aromatic heterocycles. The van der Waals surface area contributed by atoms with Crippen LogP contribution in [0.1, 0.15) is 41.4 Å². The molecule has 0 bridgehead atoms. The lowest BCUT2D eigenvalue weighted by atomic mass is 10.0. The van der Waals surface area contributed by atoms with Crippen LogP contribution in [0.4, 0.5) is 11.4 Å². The van der Waals surface area contributed by atoms with Gasteiger partial charge in [0.15, 0.2) is 0 Å². The maximum absolute atomic E-state index is 13.0. The molecule has 0 unspecified atom stereocenters. The summed E-state index contributed by atoms with van der Waals surface area (Å²) in [7, 11) is 0. The normalized spacial score (nSPS) is 15.0. The van der Waals surface area contributed by atoms with Crippen molar-refractivity contribution < 1.29 is 19.2 Å². The highest BCUT2D eigenvalue weighted by Gasteiger charge is 2.40. The minimum absolute atomic E-state index is 0.235. The van der Waals surface area contributed by atoms with E-state index in [1.807, 2.05) is 0 Å². The number of imide groups is 2. The molecular formula is C24H12N4O4. The molecule has 0 atom stereocenters. The molecule has 2 aliphatic rings. The molecule has 2 aliphatic heterocycles. The monoisotopic (exact) mass is 420 g/mol. The number of benzene rings is 2. The van der Waals surface area contributed by atoms with Gasteiger partial charge in [0, 0.05) is 35.6 Å². The lowest BCUT2D eigenvalue weighted by molar-refractivity contribution is 0.0910. The third kappa shape index (κ3) is 2.26. The summed E-state index contributed by atoms with van der Waals surface area (Å²) in [5.41, 5.74) is 1.77. The molecule has 8 nitrogen and oxygen atoms in total. The molecule has 0 N–H and O–H groups in total. The number of nitrogens with zero attached hydrogens (tertiary/aromatic N) is 4. The number of hydrogen-bond donors (Lipinski definition) is 0. The van der Waals surface area contributed by atoms with E-state index in [4.69, 9.17) is 0 Å². The Kier molecular flexibility index (Phi) is 3.61. The summed E-state index contributed by atoms with van der Waals surface area (Å²) in [5, 5.41) is 1.12. The number of pyridine rings is 2. The molecule has 152 valence electrons. The molecule has 32 heavy (non-hydrogen) atoms. The van der Waals surface area contributed by atoms with Crippen LogP contribution in [0, 0.1) is 0 Å². The minimum Gasteiger partial charge on any atom is -0.268 e. The van der Waals surface area contributed by atoms with E-state index in [0.717, 1.165) is 9.80 Å². The average Bonchev–Trinajstić information content (AvgIpc) is 3.23. The summed E-state index contributed by atoms with van der Waals surface area (Å²) < 4.78 is 0. The quantitative estimate of drug-likeness (QED) is 0.462. The van der Waals surface area contributed by atoms with Crippen LogP contribution in [0.3, 0.4) is 0 Å². The van der Waals surface area contributed by atoms with Gasteiger partial charge in [-0.1, -0.05) is 24.3 Å². The van der Waals surface area contributed by atoms with Gasteiger partial charge < -0.3 is 0 Å². The molecular weight excluding hydrogens is 408 g/mol. The highest BCUT2D eigenvalue weighted by molar-refractivity contribution is 6.38. The van der Waals surface area contributed by atoms with Gasteiger partial charge in [-0.15, -0.1) is 0 Å². The Hall–Kier alpha value is -4.72. The molecule has 0 saturated carbocycles. The standard InChI is InChI=1S/C24H12N4O4/c29-21-15-7-9-25-11-17(15)23(31)27(21)19-5-6-20(14-4-2-1-3-13(14)19)28-22(30)16-8-10-26-12-18(16)24(28)32/h1-12H. The maximum atomic E-state index is 13.0. The van der Waals surface area contributed by atoms with Crippen molar-refractivity contribution in [2.24, 2.45) is 0 Å². The fraction of sp³-hybridized carbons (Fsp3) is 0. The van der Waals surface area contributed by atoms with Crippen molar-refractivity contribution in [3.63, 3.8) is 0 Å². The maximum Gasteiger partial charge on any atom is 0.267 e. The summed E-state index contributed by atoms with van der Waals surface area (Å²) in [6.45, 7) is 0. The van der Waals surface area contributed by atoms with Crippen molar-refractivity contribution >= 4 is 45.8 Å². The zero-order valence-electron chi connectivity index (χ0n) is 16.4. The number of aromatic nitrogens is 2. The first kappa shape index (κ1) is 18.1. The van der Waals surface area contributed by atoms with E-state index in [-0.39, 0.29) is 22.3 Å². The summed E-state index contributed by atoms with van der Waals surface area (Å²) in [6, 6.07) is 13.2. The Morgan fingerprint density at radius 3 is 1.31 bits per heavy atom. The van der Waals surface area contributed by atoms with E-state index >= 15 is 0 Å². The van der Waals surface area contributed by atoms with Crippen LogP contribution in [-0.2, 0) is 0 Å². The van der Waals surface area contributed by atoms with Gasteiger partial charge in [0.1, 0.15) is 0 Å². The Bertz CT molecular complexity index is 1340. The number of rotatable bonds is 2. The van der Waals surface area contributed by atoms with Crippen LogP contribution in [0.2, 0.25) is 0 Å². The van der Waals surface area contributed by atoms with Crippen molar-refractivity contribution in [1.29, 1.82) is 0 Å². The van der Waals surface area contributed by atoms with Crippen molar-refractivity contribution in [1.82, 2.24) is 9.97 Å². The molecule has 4 heterocycles. The average molecular weight is 420 g/mol. The van der Waals surface area contributed by atoms with Gasteiger partial charge in [0.05, 0.1) is 33.6 Å². The van der Waals surface area contributed by atoms with E-state index in [1.165, 1.54) is 36.9 Å². The predicted octanol–water partition coefficient (Wildman–Crippen LogP) is 3.23. The zero-order valence-corrected chi connectivity index (χ0v) is 16.4. The largest absolute Gasteiger partial charge is 0.268 e. The Labute approximate surface area is 180 Å². The number of anilines is 2. The molecule has 8 heteroatoms.